The second-order valence-electron chi connectivity index (χ2n) is 3.96. The van der Waals surface area contributed by atoms with E-state index in [1.54, 1.807) is 0 Å². The highest BCUT2D eigenvalue weighted by atomic mass is 16.3. The maximum Gasteiger partial charge on any atom is 0.0900 e. The number of hydrogen-bond acceptors (Lipinski definition) is 2. The molecule has 0 aromatic rings. The van der Waals surface area contributed by atoms with Crippen molar-refractivity contribution in [2.45, 2.75) is 58.7 Å². The largest absolute Gasteiger partial charge is 0.390 e. The van der Waals surface area contributed by atoms with Gasteiger partial charge in [-0.05, 0) is 25.2 Å². The van der Waals surface area contributed by atoms with Gasteiger partial charge in [-0.15, -0.1) is 0 Å². The van der Waals surface area contributed by atoms with Crippen LogP contribution in [-0.4, -0.2) is 21.9 Å². The van der Waals surface area contributed by atoms with Crippen molar-refractivity contribution in [3.05, 3.63) is 0 Å². The van der Waals surface area contributed by atoms with Gasteiger partial charge in [0.25, 0.3) is 0 Å². The minimum atomic E-state index is -0.871. The molecule has 0 aliphatic heterocycles. The molecule has 0 unspecified atom stereocenters. The summed E-state index contributed by atoms with van der Waals surface area (Å²) in [5.74, 6) is 0.435. The summed E-state index contributed by atoms with van der Waals surface area (Å²) in [6, 6.07) is 0. The van der Waals surface area contributed by atoms with E-state index in [1.807, 2.05) is 13.8 Å². The summed E-state index contributed by atoms with van der Waals surface area (Å²) < 4.78 is 0. The second-order valence-corrected chi connectivity index (χ2v) is 3.96. The van der Waals surface area contributed by atoms with Crippen molar-refractivity contribution in [2.75, 3.05) is 0 Å². The van der Waals surface area contributed by atoms with E-state index in [1.165, 1.54) is 0 Å². The molecule has 0 rings (SSSR count). The lowest BCUT2D eigenvalue weighted by Gasteiger charge is -2.31. The second kappa shape index (κ2) is 4.83. The molecule has 0 aromatic heterocycles. The Morgan fingerprint density at radius 3 is 1.83 bits per heavy atom. The minimum Gasteiger partial charge on any atom is -0.390 e. The van der Waals surface area contributed by atoms with E-state index in [4.69, 9.17) is 0 Å². The fraction of sp³-hybridized carbons (Fsp3) is 1.00. The molecule has 0 aliphatic rings. The molecular formula is C10H22O2. The van der Waals surface area contributed by atoms with E-state index in [-0.39, 0.29) is 0 Å². The van der Waals surface area contributed by atoms with Crippen LogP contribution in [0.4, 0.5) is 0 Å². The van der Waals surface area contributed by atoms with Gasteiger partial charge < -0.3 is 10.2 Å². The predicted octanol–water partition coefficient (Wildman–Crippen LogP) is 1.94. The van der Waals surface area contributed by atoms with Crippen LogP contribution in [0, 0.1) is 5.92 Å². The standard InChI is InChI=1S/C10H22O2/c1-5-10(12,6-2)9(11)7-8(3)4/h8-9,11-12H,5-7H2,1-4H3/t9-/m1/s1. The normalized spacial score (nSPS) is 15.2. The van der Waals surface area contributed by atoms with Crippen LogP contribution in [0.1, 0.15) is 47.0 Å². The first-order valence-corrected chi connectivity index (χ1v) is 4.86. The molecule has 0 saturated heterocycles. The van der Waals surface area contributed by atoms with Crippen LogP contribution in [0.5, 0.6) is 0 Å². The number of aliphatic hydroxyl groups is 2. The van der Waals surface area contributed by atoms with Crippen LogP contribution in [0.25, 0.3) is 0 Å². The zero-order valence-electron chi connectivity index (χ0n) is 8.67. The Morgan fingerprint density at radius 2 is 1.58 bits per heavy atom. The molecule has 74 valence electrons. The summed E-state index contributed by atoms with van der Waals surface area (Å²) in [5.41, 5.74) is -0.871. The third-order valence-corrected chi connectivity index (χ3v) is 2.54. The summed E-state index contributed by atoms with van der Waals surface area (Å²) in [5, 5.41) is 19.6. The van der Waals surface area contributed by atoms with Crippen LogP contribution in [0.3, 0.4) is 0 Å². The van der Waals surface area contributed by atoms with Gasteiger partial charge in [-0.3, -0.25) is 0 Å². The van der Waals surface area contributed by atoms with Crippen molar-refractivity contribution in [3.8, 4) is 0 Å². The summed E-state index contributed by atoms with van der Waals surface area (Å²) in [6.07, 6.45) is 1.35. The zero-order valence-corrected chi connectivity index (χ0v) is 8.67. The molecule has 2 N–H and O–H groups in total. The molecule has 12 heavy (non-hydrogen) atoms. The molecule has 0 amide bonds. The molecule has 0 radical (unpaired) electrons. The molecule has 0 spiro atoms. The van der Waals surface area contributed by atoms with E-state index in [9.17, 15) is 10.2 Å². The lowest BCUT2D eigenvalue weighted by atomic mass is 9.86. The van der Waals surface area contributed by atoms with Crippen molar-refractivity contribution in [2.24, 2.45) is 5.92 Å². The van der Waals surface area contributed by atoms with Gasteiger partial charge in [-0.1, -0.05) is 27.7 Å². The molecule has 0 fully saturated rings. The summed E-state index contributed by atoms with van der Waals surface area (Å²) in [7, 11) is 0. The fourth-order valence-corrected chi connectivity index (χ4v) is 1.39. The van der Waals surface area contributed by atoms with Crippen LogP contribution >= 0.6 is 0 Å². The molecule has 0 aromatic carbocycles. The van der Waals surface area contributed by atoms with Gasteiger partial charge in [0.1, 0.15) is 0 Å². The highest BCUT2D eigenvalue weighted by Crippen LogP contribution is 2.24. The Balaban J connectivity index is 4.11. The van der Waals surface area contributed by atoms with Crippen molar-refractivity contribution in [1.82, 2.24) is 0 Å². The van der Waals surface area contributed by atoms with E-state index >= 15 is 0 Å². The molecule has 1 atom stereocenters. The van der Waals surface area contributed by atoms with Gasteiger partial charge in [0.2, 0.25) is 0 Å². The van der Waals surface area contributed by atoms with Crippen molar-refractivity contribution in [3.63, 3.8) is 0 Å². The molecule has 0 bridgehead atoms. The van der Waals surface area contributed by atoms with E-state index in [2.05, 4.69) is 13.8 Å². The van der Waals surface area contributed by atoms with Crippen LogP contribution in [0.2, 0.25) is 0 Å². The van der Waals surface area contributed by atoms with Gasteiger partial charge in [-0.25, -0.2) is 0 Å². The Labute approximate surface area is 75.6 Å². The maximum atomic E-state index is 9.90. The Kier molecular flexibility index (Phi) is 4.80. The van der Waals surface area contributed by atoms with Gasteiger partial charge >= 0.3 is 0 Å². The molecule has 2 nitrogen and oxygen atoms in total. The molecule has 2 heteroatoms. The van der Waals surface area contributed by atoms with Crippen molar-refractivity contribution in [1.29, 1.82) is 0 Å². The Bertz CT molecular complexity index is 117. The first-order chi connectivity index (χ1) is 5.46. The van der Waals surface area contributed by atoms with Gasteiger partial charge in [0.05, 0.1) is 11.7 Å². The van der Waals surface area contributed by atoms with Gasteiger partial charge in [0.15, 0.2) is 0 Å². The molecular weight excluding hydrogens is 152 g/mol. The predicted molar refractivity (Wildman–Crippen MR) is 51.0 cm³/mol. The third kappa shape index (κ3) is 3.11. The maximum absolute atomic E-state index is 9.90. The summed E-state index contributed by atoms with van der Waals surface area (Å²) in [4.78, 5) is 0. The average molecular weight is 174 g/mol. The Morgan fingerprint density at radius 1 is 1.17 bits per heavy atom. The first-order valence-electron chi connectivity index (χ1n) is 4.86. The molecule has 0 aliphatic carbocycles. The van der Waals surface area contributed by atoms with Crippen molar-refractivity contribution >= 4 is 0 Å². The van der Waals surface area contributed by atoms with Crippen LogP contribution in [-0.2, 0) is 0 Å². The molecule has 0 saturated carbocycles. The van der Waals surface area contributed by atoms with E-state index in [0.717, 1.165) is 0 Å². The van der Waals surface area contributed by atoms with Crippen molar-refractivity contribution < 1.29 is 10.2 Å². The van der Waals surface area contributed by atoms with Gasteiger partial charge in [0, 0.05) is 0 Å². The van der Waals surface area contributed by atoms with E-state index in [0.29, 0.717) is 25.2 Å². The fourth-order valence-electron chi connectivity index (χ4n) is 1.39. The number of hydrogen-bond donors (Lipinski definition) is 2. The van der Waals surface area contributed by atoms with Crippen LogP contribution in [0.15, 0.2) is 0 Å². The number of aliphatic hydroxyl groups excluding tert-OH is 1. The smallest absolute Gasteiger partial charge is 0.0900 e. The lowest BCUT2D eigenvalue weighted by molar-refractivity contribution is -0.0870. The average Bonchev–Trinajstić information content (AvgIpc) is 2.02. The third-order valence-electron chi connectivity index (χ3n) is 2.54. The van der Waals surface area contributed by atoms with Gasteiger partial charge in [-0.2, -0.15) is 0 Å². The monoisotopic (exact) mass is 174 g/mol. The quantitative estimate of drug-likeness (QED) is 0.668. The lowest BCUT2D eigenvalue weighted by Crippen LogP contribution is -2.41. The topological polar surface area (TPSA) is 40.5 Å². The minimum absolute atomic E-state index is 0.435. The van der Waals surface area contributed by atoms with Crippen LogP contribution < -0.4 is 0 Å². The highest BCUT2D eigenvalue weighted by molar-refractivity contribution is 4.84. The number of rotatable bonds is 5. The highest BCUT2D eigenvalue weighted by Gasteiger charge is 2.31. The molecule has 0 heterocycles. The SMILES string of the molecule is CCC(O)(CC)[C@H](O)CC(C)C. The zero-order chi connectivity index (χ0) is 9.78. The first kappa shape index (κ1) is 11.9. The Hall–Kier alpha value is -0.0800. The van der Waals surface area contributed by atoms with E-state index < -0.39 is 11.7 Å². The summed E-state index contributed by atoms with van der Waals surface area (Å²) >= 11 is 0. The summed E-state index contributed by atoms with van der Waals surface area (Å²) in [6.45, 7) is 7.92.